The van der Waals surface area contributed by atoms with E-state index in [-0.39, 0.29) is 0 Å². The molecule has 10 heteroatoms. The zero-order valence-electron chi connectivity index (χ0n) is 14.6. The van der Waals surface area contributed by atoms with Gasteiger partial charge in [0.1, 0.15) is 0 Å². The van der Waals surface area contributed by atoms with E-state index in [4.69, 9.17) is 51.1 Å². The van der Waals surface area contributed by atoms with Gasteiger partial charge in [0.25, 0.3) is 23.9 Å². The van der Waals surface area contributed by atoms with Crippen LogP contribution in [0.15, 0.2) is 0 Å². The van der Waals surface area contributed by atoms with E-state index in [1.54, 1.807) is 0 Å². The molecule has 1 rings (SSSR count). The fraction of sp³-hybridized carbons (Fsp3) is 0.714. The molecule has 1 aliphatic carbocycles. The summed E-state index contributed by atoms with van der Waals surface area (Å²) in [4.78, 5) is 36.0. The van der Waals surface area contributed by atoms with Crippen molar-refractivity contribution in [1.29, 1.82) is 0 Å². The lowest BCUT2D eigenvalue weighted by Gasteiger charge is -2.22. The molecule has 0 aromatic rings. The third-order valence-electron chi connectivity index (χ3n) is 1.76. The van der Waals surface area contributed by atoms with Crippen molar-refractivity contribution in [3.63, 3.8) is 0 Å². The molecule has 0 aromatic heterocycles. The summed E-state index contributed by atoms with van der Waals surface area (Å²) in [5.41, 5.74) is 11.3. The first-order valence-corrected chi connectivity index (χ1v) is 7.01. The van der Waals surface area contributed by atoms with Gasteiger partial charge in [-0.1, -0.05) is 6.42 Å². The Kier molecular flexibility index (Phi) is 25.8. The Balaban J connectivity index is -0.000000110. The molecule has 0 aliphatic heterocycles. The first-order chi connectivity index (χ1) is 10.7. The number of nitrogens with two attached hydrogens (primary N) is 2. The smallest absolute Gasteiger partial charge is 0.300 e. The average Bonchev–Trinajstić information content (AvgIpc) is 2.24. The fourth-order valence-corrected chi connectivity index (χ4v) is 1.27. The third kappa shape index (κ3) is 115. The van der Waals surface area contributed by atoms with Gasteiger partial charge < -0.3 is 31.9 Å². The van der Waals surface area contributed by atoms with E-state index < -0.39 is 23.9 Å². The Labute approximate surface area is 141 Å². The zero-order chi connectivity index (χ0) is 20.3. The maximum absolute atomic E-state index is 9.00. The minimum absolute atomic E-state index is 0.388. The molecule has 0 aromatic carbocycles. The van der Waals surface area contributed by atoms with Gasteiger partial charge in [-0.25, -0.2) is 0 Å². The highest BCUT2D eigenvalue weighted by atomic mass is 16.4. The lowest BCUT2D eigenvalue weighted by molar-refractivity contribution is -0.135. The lowest BCUT2D eigenvalue weighted by atomic mass is 9.92. The van der Waals surface area contributed by atoms with E-state index in [0.717, 1.165) is 34.1 Å². The van der Waals surface area contributed by atoms with Crippen LogP contribution in [0.25, 0.3) is 0 Å². The first kappa shape index (κ1) is 29.8. The van der Waals surface area contributed by atoms with Gasteiger partial charge >= 0.3 is 0 Å². The summed E-state index contributed by atoms with van der Waals surface area (Å²) in [5.74, 6) is -3.33. The van der Waals surface area contributed by atoms with Crippen LogP contribution in [0.5, 0.6) is 0 Å². The van der Waals surface area contributed by atoms with Crippen LogP contribution in [0.4, 0.5) is 0 Å². The van der Waals surface area contributed by atoms with Gasteiger partial charge in [0.05, 0.1) is 0 Å². The first-order valence-electron chi connectivity index (χ1n) is 7.01. The largest absolute Gasteiger partial charge is 0.481 e. The van der Waals surface area contributed by atoms with Crippen LogP contribution >= 0.6 is 0 Å². The van der Waals surface area contributed by atoms with Crippen molar-refractivity contribution in [3.8, 4) is 0 Å². The highest BCUT2D eigenvalue weighted by Gasteiger charge is 2.14. The Morgan fingerprint density at radius 1 is 0.667 bits per heavy atom. The number of aliphatic carboxylic acids is 4. The molecule has 0 saturated heterocycles. The highest BCUT2D eigenvalue weighted by Crippen LogP contribution is 2.14. The van der Waals surface area contributed by atoms with Gasteiger partial charge in [-0.15, -0.1) is 0 Å². The molecule has 0 heterocycles. The minimum Gasteiger partial charge on any atom is -0.481 e. The second kappa shape index (κ2) is 20.8. The van der Waals surface area contributed by atoms with Gasteiger partial charge in [0.2, 0.25) is 0 Å². The Morgan fingerprint density at radius 2 is 0.833 bits per heavy atom. The van der Waals surface area contributed by atoms with Crippen LogP contribution in [-0.2, 0) is 19.2 Å². The molecule has 1 fully saturated rings. The Morgan fingerprint density at radius 3 is 0.917 bits per heavy atom. The number of hydrogen-bond acceptors (Lipinski definition) is 6. The molecule has 10 nitrogen and oxygen atoms in total. The number of rotatable bonds is 0. The Bertz CT molecular complexity index is 289. The van der Waals surface area contributed by atoms with Gasteiger partial charge in [-0.2, -0.15) is 0 Å². The van der Waals surface area contributed by atoms with Gasteiger partial charge in [-0.05, 0) is 19.3 Å². The van der Waals surface area contributed by atoms with Crippen molar-refractivity contribution in [1.82, 2.24) is 0 Å². The molecule has 1 saturated carbocycles. The summed E-state index contributed by atoms with van der Waals surface area (Å²) in [6, 6.07) is 0.775. The molecule has 24 heavy (non-hydrogen) atoms. The van der Waals surface area contributed by atoms with Crippen molar-refractivity contribution in [2.24, 2.45) is 11.5 Å². The lowest BCUT2D eigenvalue weighted by Crippen LogP contribution is -2.35. The number of carboxylic acids is 4. The van der Waals surface area contributed by atoms with E-state index in [0.29, 0.717) is 12.1 Å². The second-order valence-electron chi connectivity index (χ2n) is 4.76. The highest BCUT2D eigenvalue weighted by molar-refractivity contribution is 5.63. The zero-order valence-corrected chi connectivity index (χ0v) is 14.6. The minimum atomic E-state index is -0.833. The maximum Gasteiger partial charge on any atom is 0.300 e. The molecular weight excluding hydrogens is 324 g/mol. The molecule has 2 atom stereocenters. The summed E-state index contributed by atoms with van der Waals surface area (Å²) in [5, 5.41) is 29.7. The van der Waals surface area contributed by atoms with Gasteiger partial charge in [0, 0.05) is 39.8 Å². The van der Waals surface area contributed by atoms with E-state index in [1.165, 1.54) is 19.3 Å². The van der Waals surface area contributed by atoms with Crippen molar-refractivity contribution in [2.45, 2.75) is 65.5 Å². The third-order valence-corrected chi connectivity index (χ3v) is 1.76. The standard InChI is InChI=1S/C6H14N2.4C2H4O2/c7-5-2-1-3-6(8)4-5;4*1-2(3)4/h5-6H,1-4,7-8H2;4*1H3,(H,3,4). The van der Waals surface area contributed by atoms with Crippen LogP contribution < -0.4 is 11.5 Å². The summed E-state index contributed by atoms with van der Waals surface area (Å²) < 4.78 is 0. The normalized spacial score (nSPS) is 17.4. The average molecular weight is 354 g/mol. The van der Waals surface area contributed by atoms with Crippen LogP contribution in [-0.4, -0.2) is 56.4 Å². The molecule has 0 bridgehead atoms. The van der Waals surface area contributed by atoms with E-state index in [1.807, 2.05) is 0 Å². The van der Waals surface area contributed by atoms with Crippen LogP contribution in [0.3, 0.4) is 0 Å². The molecule has 144 valence electrons. The van der Waals surface area contributed by atoms with Crippen LogP contribution in [0.2, 0.25) is 0 Å². The summed E-state index contributed by atoms with van der Waals surface area (Å²) in [6.45, 7) is 4.33. The van der Waals surface area contributed by atoms with E-state index >= 15 is 0 Å². The fourth-order valence-electron chi connectivity index (χ4n) is 1.27. The van der Waals surface area contributed by atoms with Crippen LogP contribution in [0.1, 0.15) is 53.4 Å². The molecule has 8 N–H and O–H groups in total. The molecule has 2 unspecified atom stereocenters. The molecule has 1 aliphatic rings. The topological polar surface area (TPSA) is 201 Å². The summed E-state index contributed by atoms with van der Waals surface area (Å²) >= 11 is 0. The number of hydrogen-bond donors (Lipinski definition) is 6. The van der Waals surface area contributed by atoms with Crippen molar-refractivity contribution < 1.29 is 39.6 Å². The quantitative estimate of drug-likeness (QED) is 0.357. The van der Waals surface area contributed by atoms with Crippen molar-refractivity contribution in [3.05, 3.63) is 0 Å². The van der Waals surface area contributed by atoms with Gasteiger partial charge in [-0.3, -0.25) is 19.2 Å². The maximum atomic E-state index is 9.00. The van der Waals surface area contributed by atoms with Gasteiger partial charge in [0.15, 0.2) is 0 Å². The van der Waals surface area contributed by atoms with Crippen molar-refractivity contribution in [2.75, 3.05) is 0 Å². The van der Waals surface area contributed by atoms with Crippen LogP contribution in [0, 0.1) is 0 Å². The molecule has 0 radical (unpaired) electrons. The Hall–Kier alpha value is -2.20. The second-order valence-corrected chi connectivity index (χ2v) is 4.76. The molecule has 0 amide bonds. The van der Waals surface area contributed by atoms with E-state index in [9.17, 15) is 0 Å². The number of carboxylic acid groups (broad SMARTS) is 4. The monoisotopic (exact) mass is 354 g/mol. The molecular formula is C14H30N2O8. The summed E-state index contributed by atoms with van der Waals surface area (Å²) in [6.07, 6.45) is 4.60. The predicted molar refractivity (Wildman–Crippen MR) is 87.7 cm³/mol. The predicted octanol–water partition coefficient (Wildman–Crippen LogP) is 0.579. The van der Waals surface area contributed by atoms with E-state index in [2.05, 4.69) is 0 Å². The SMILES string of the molecule is CC(=O)O.CC(=O)O.CC(=O)O.CC(=O)O.NC1CCCC(N)C1. The molecule has 0 spiro atoms. The summed E-state index contributed by atoms with van der Waals surface area (Å²) in [7, 11) is 0. The number of carbonyl (C=O) groups is 4. The van der Waals surface area contributed by atoms with Crippen molar-refractivity contribution >= 4 is 23.9 Å².